The molecule has 0 saturated carbocycles. The van der Waals surface area contributed by atoms with Crippen molar-refractivity contribution in [3.63, 3.8) is 0 Å². The van der Waals surface area contributed by atoms with Crippen molar-refractivity contribution in [1.29, 1.82) is 0 Å². The van der Waals surface area contributed by atoms with Gasteiger partial charge in [0.15, 0.2) is 0 Å². The third-order valence-electron chi connectivity index (χ3n) is 6.34. The Bertz CT molecular complexity index is 918. The molecule has 0 spiro atoms. The molecule has 0 aromatic heterocycles. The first-order valence-corrected chi connectivity index (χ1v) is 17.4. The lowest BCUT2D eigenvalue weighted by Gasteiger charge is -2.10. The third kappa shape index (κ3) is 27.5. The second-order valence-corrected chi connectivity index (χ2v) is 10.3. The van der Waals surface area contributed by atoms with Crippen LogP contribution in [0.2, 0.25) is 0 Å². The van der Waals surface area contributed by atoms with Crippen LogP contribution in [0.25, 0.3) is 0 Å². The summed E-state index contributed by atoms with van der Waals surface area (Å²) in [6, 6.07) is 14.8. The highest BCUT2D eigenvalue weighted by molar-refractivity contribution is 5.32. The first kappa shape index (κ1) is 44.4. The van der Waals surface area contributed by atoms with E-state index in [2.05, 4.69) is 0 Å². The molecule has 0 aliphatic heterocycles. The molecule has 15 heteroatoms. The van der Waals surface area contributed by atoms with Gasteiger partial charge in [0.1, 0.15) is 49.4 Å². The van der Waals surface area contributed by atoms with Gasteiger partial charge in [0.05, 0.1) is 132 Å². The fourth-order valence-electron chi connectivity index (χ4n) is 3.89. The molecule has 2 aromatic rings. The fourth-order valence-corrected chi connectivity index (χ4v) is 3.89. The van der Waals surface area contributed by atoms with Crippen LogP contribution in [0, 0.1) is 0 Å². The topological polar surface area (TPSA) is 160 Å². The molecule has 2 aromatic carbocycles. The minimum atomic E-state index is 0.0164. The summed E-state index contributed by atoms with van der Waals surface area (Å²) in [4.78, 5) is 0. The van der Waals surface area contributed by atoms with Gasteiger partial charge >= 0.3 is 0 Å². The molecule has 0 radical (unpaired) electrons. The molecule has 51 heavy (non-hydrogen) atoms. The van der Waals surface area contributed by atoms with Gasteiger partial charge in [-0.25, -0.2) is 0 Å². The maximum Gasteiger partial charge on any atom is 0.119 e. The summed E-state index contributed by atoms with van der Waals surface area (Å²) in [7, 11) is 0. The van der Waals surface area contributed by atoms with Crippen LogP contribution in [0.3, 0.4) is 0 Å². The first-order valence-electron chi connectivity index (χ1n) is 17.4. The molecule has 0 bridgehead atoms. The van der Waals surface area contributed by atoms with Crippen molar-refractivity contribution in [2.24, 2.45) is 0 Å². The van der Waals surface area contributed by atoms with E-state index in [0.29, 0.717) is 145 Å². The summed E-state index contributed by atoms with van der Waals surface area (Å²) in [6.45, 7) is 9.92. The largest absolute Gasteiger partial charge is 0.491 e. The van der Waals surface area contributed by atoms with Gasteiger partial charge < -0.3 is 71.8 Å². The highest BCUT2D eigenvalue weighted by Gasteiger charge is 2.00. The highest BCUT2D eigenvalue weighted by atomic mass is 16.6. The van der Waals surface area contributed by atoms with Crippen LogP contribution in [0.5, 0.6) is 23.0 Å². The van der Waals surface area contributed by atoms with Crippen LogP contribution in [-0.4, -0.2) is 169 Å². The number of hydrogen-bond acceptors (Lipinski definition) is 15. The maximum absolute atomic E-state index is 8.62. The van der Waals surface area contributed by atoms with Gasteiger partial charge in [-0.05, 0) is 48.5 Å². The van der Waals surface area contributed by atoms with E-state index >= 15 is 0 Å². The summed E-state index contributed by atoms with van der Waals surface area (Å²) >= 11 is 0. The predicted molar refractivity (Wildman–Crippen MR) is 186 cm³/mol. The lowest BCUT2D eigenvalue weighted by Crippen LogP contribution is -2.14. The van der Waals surface area contributed by atoms with Crippen LogP contribution in [0.1, 0.15) is 0 Å². The van der Waals surface area contributed by atoms with Crippen LogP contribution >= 0.6 is 0 Å². The van der Waals surface area contributed by atoms with E-state index in [1.54, 1.807) is 0 Å². The zero-order valence-corrected chi connectivity index (χ0v) is 29.8. The van der Waals surface area contributed by atoms with Crippen molar-refractivity contribution < 1.29 is 71.8 Å². The second kappa shape index (κ2) is 34.3. The standard InChI is InChI=1S/C36H58O15/c37-9-11-39-13-15-41-17-21-44-25-29-48-33-1-5-35(6-2-33)50-31-27-46-23-19-43-20-24-47-28-32-51-36-7-3-34(4-8-36)49-30-26-45-22-18-42-16-14-40-12-10-38/h1-8,37-38H,9-32H2. The number of ether oxygens (including phenoxy) is 13. The molecule has 0 aliphatic rings. The zero-order chi connectivity index (χ0) is 36.1. The minimum absolute atomic E-state index is 0.0164. The average molecular weight is 731 g/mol. The summed E-state index contributed by atoms with van der Waals surface area (Å²) in [5.41, 5.74) is 0. The fraction of sp³-hybridized carbons (Fsp3) is 0.667. The lowest BCUT2D eigenvalue weighted by atomic mass is 10.3. The molecule has 0 aliphatic carbocycles. The Morgan fingerprint density at radius 1 is 0.235 bits per heavy atom. The zero-order valence-electron chi connectivity index (χ0n) is 29.8. The molecular weight excluding hydrogens is 672 g/mol. The van der Waals surface area contributed by atoms with Crippen LogP contribution in [-0.2, 0) is 42.6 Å². The smallest absolute Gasteiger partial charge is 0.119 e. The Hall–Kier alpha value is -2.80. The molecular formula is C36H58O15. The molecule has 15 nitrogen and oxygen atoms in total. The second-order valence-electron chi connectivity index (χ2n) is 10.3. The predicted octanol–water partition coefficient (Wildman–Crippen LogP) is 2.04. The molecule has 2 N–H and O–H groups in total. The van der Waals surface area contributed by atoms with Gasteiger partial charge in [0.25, 0.3) is 0 Å². The summed E-state index contributed by atoms with van der Waals surface area (Å²) in [6.07, 6.45) is 0. The van der Waals surface area contributed by atoms with E-state index in [1.165, 1.54) is 0 Å². The molecule has 0 atom stereocenters. The van der Waals surface area contributed by atoms with E-state index < -0.39 is 0 Å². The van der Waals surface area contributed by atoms with Crippen molar-refractivity contribution in [3.05, 3.63) is 48.5 Å². The van der Waals surface area contributed by atoms with Crippen molar-refractivity contribution in [2.45, 2.75) is 0 Å². The molecule has 0 saturated heterocycles. The molecule has 2 rings (SSSR count). The first-order chi connectivity index (χ1) is 25.3. The number of aliphatic hydroxyl groups excluding tert-OH is 2. The third-order valence-corrected chi connectivity index (χ3v) is 6.34. The number of rotatable bonds is 38. The summed E-state index contributed by atoms with van der Waals surface area (Å²) in [5.74, 6) is 2.95. The van der Waals surface area contributed by atoms with Crippen molar-refractivity contribution in [3.8, 4) is 23.0 Å². The Morgan fingerprint density at radius 2 is 0.392 bits per heavy atom. The van der Waals surface area contributed by atoms with Gasteiger partial charge in [-0.2, -0.15) is 0 Å². The van der Waals surface area contributed by atoms with E-state index in [1.807, 2.05) is 48.5 Å². The van der Waals surface area contributed by atoms with Crippen molar-refractivity contribution in [1.82, 2.24) is 0 Å². The van der Waals surface area contributed by atoms with E-state index in [4.69, 9.17) is 71.8 Å². The Morgan fingerprint density at radius 3 is 0.569 bits per heavy atom. The summed E-state index contributed by atoms with van der Waals surface area (Å²) in [5, 5.41) is 17.2. The minimum Gasteiger partial charge on any atom is -0.491 e. The van der Waals surface area contributed by atoms with Crippen LogP contribution in [0.15, 0.2) is 48.5 Å². The number of benzene rings is 2. The molecule has 0 amide bonds. The molecule has 0 unspecified atom stereocenters. The lowest BCUT2D eigenvalue weighted by molar-refractivity contribution is 0.00358. The van der Waals surface area contributed by atoms with Gasteiger partial charge in [-0.1, -0.05) is 0 Å². The Kier molecular flexibility index (Phi) is 29.8. The molecule has 292 valence electrons. The van der Waals surface area contributed by atoms with Crippen LogP contribution in [0.4, 0.5) is 0 Å². The maximum atomic E-state index is 8.62. The molecule has 0 fully saturated rings. The van der Waals surface area contributed by atoms with E-state index in [9.17, 15) is 0 Å². The Labute approximate surface area is 301 Å². The van der Waals surface area contributed by atoms with Crippen LogP contribution < -0.4 is 18.9 Å². The normalized spacial score (nSPS) is 11.2. The SMILES string of the molecule is OCCOCCOCCOCCOc1ccc(OCCOCCOCCOCCOc2ccc(OCCOCCOCCOCCO)cc2)cc1. The van der Waals surface area contributed by atoms with E-state index in [-0.39, 0.29) is 13.2 Å². The van der Waals surface area contributed by atoms with Crippen molar-refractivity contribution in [2.75, 3.05) is 159 Å². The van der Waals surface area contributed by atoms with Gasteiger partial charge in [-0.3, -0.25) is 0 Å². The van der Waals surface area contributed by atoms with Gasteiger partial charge in [0, 0.05) is 0 Å². The van der Waals surface area contributed by atoms with E-state index in [0.717, 1.165) is 23.0 Å². The van der Waals surface area contributed by atoms with Gasteiger partial charge in [0.2, 0.25) is 0 Å². The molecule has 0 heterocycles. The summed E-state index contributed by atoms with van der Waals surface area (Å²) < 4.78 is 71.3. The number of aliphatic hydroxyl groups is 2. The van der Waals surface area contributed by atoms with Gasteiger partial charge in [-0.15, -0.1) is 0 Å². The number of hydrogen-bond donors (Lipinski definition) is 2. The highest BCUT2D eigenvalue weighted by Crippen LogP contribution is 2.18. The van der Waals surface area contributed by atoms with Crippen molar-refractivity contribution >= 4 is 0 Å². The Balaban J connectivity index is 1.30. The quantitative estimate of drug-likeness (QED) is 0.0966. The monoisotopic (exact) mass is 730 g/mol. The average Bonchev–Trinajstić information content (AvgIpc) is 3.15.